The maximum absolute atomic E-state index is 13.1. The van der Waals surface area contributed by atoms with Crippen molar-refractivity contribution in [3.05, 3.63) is 45.9 Å². The monoisotopic (exact) mass is 609 g/mol. The summed E-state index contributed by atoms with van der Waals surface area (Å²) in [5, 5.41) is 16.5. The number of aliphatic carboxylic acids is 1. The second kappa shape index (κ2) is 15.4. The van der Waals surface area contributed by atoms with Crippen LogP contribution in [0, 0.1) is 11.8 Å². The summed E-state index contributed by atoms with van der Waals surface area (Å²) < 4.78 is 16.1. The van der Waals surface area contributed by atoms with Crippen LogP contribution >= 0.6 is 23.2 Å². The molecule has 0 radical (unpaired) electrons. The summed E-state index contributed by atoms with van der Waals surface area (Å²) in [6, 6.07) is 8.65. The number of urea groups is 1. The molecule has 2 aromatic rings. The van der Waals surface area contributed by atoms with E-state index in [4.69, 9.17) is 37.4 Å². The summed E-state index contributed by atoms with van der Waals surface area (Å²) in [6.45, 7) is 5.56. The van der Waals surface area contributed by atoms with Gasteiger partial charge in [-0.15, -0.1) is 0 Å². The van der Waals surface area contributed by atoms with Crippen LogP contribution in [-0.4, -0.2) is 68.5 Å². The van der Waals surface area contributed by atoms with E-state index in [0.717, 1.165) is 31.4 Å². The molecule has 0 saturated carbocycles. The minimum atomic E-state index is -0.806. The predicted molar refractivity (Wildman–Crippen MR) is 162 cm³/mol. The molecule has 1 aliphatic rings. The number of anilines is 1. The van der Waals surface area contributed by atoms with Crippen LogP contribution in [0.4, 0.5) is 10.5 Å². The first-order chi connectivity index (χ1) is 19.5. The molecule has 1 heterocycles. The maximum atomic E-state index is 13.1. The number of likely N-dealkylation sites (tertiary alicyclic amines) is 1. The summed E-state index contributed by atoms with van der Waals surface area (Å²) in [5.41, 5.74) is 1.63. The zero-order chi connectivity index (χ0) is 30.1. The molecule has 41 heavy (non-hydrogen) atoms. The number of methoxy groups -OCH3 is 3. The smallest absolute Gasteiger partial charge is 0.319 e. The van der Waals surface area contributed by atoms with E-state index in [0.29, 0.717) is 51.9 Å². The number of carboxylic acids is 1. The highest BCUT2D eigenvalue weighted by atomic mass is 35.5. The molecule has 2 amide bonds. The summed E-state index contributed by atoms with van der Waals surface area (Å²) >= 11 is 12.3. The lowest BCUT2D eigenvalue weighted by Crippen LogP contribution is -2.53. The molecule has 3 unspecified atom stereocenters. The largest absolute Gasteiger partial charge is 0.493 e. The lowest BCUT2D eigenvalue weighted by Gasteiger charge is -2.42. The summed E-state index contributed by atoms with van der Waals surface area (Å²) in [4.78, 5) is 26.8. The molecule has 9 nitrogen and oxygen atoms in total. The van der Waals surface area contributed by atoms with Gasteiger partial charge in [-0.2, -0.15) is 0 Å². The van der Waals surface area contributed by atoms with Crippen LogP contribution in [0.1, 0.15) is 45.1 Å². The maximum Gasteiger partial charge on any atom is 0.319 e. The first-order valence-corrected chi connectivity index (χ1v) is 14.6. The molecule has 3 rings (SSSR count). The average molecular weight is 611 g/mol. The van der Waals surface area contributed by atoms with Crippen molar-refractivity contribution in [1.29, 1.82) is 0 Å². The number of benzene rings is 2. The Labute approximate surface area is 252 Å². The molecular formula is C30H41Cl2N3O6. The summed E-state index contributed by atoms with van der Waals surface area (Å²) in [5.74, 6) is 1.06. The Morgan fingerprint density at radius 1 is 1.05 bits per heavy atom. The molecule has 1 saturated heterocycles. The quantitative estimate of drug-likeness (QED) is 0.242. The predicted octanol–water partition coefficient (Wildman–Crippen LogP) is 6.35. The molecule has 226 valence electrons. The number of amides is 2. The van der Waals surface area contributed by atoms with Crippen molar-refractivity contribution in [3.8, 4) is 17.2 Å². The second-order valence-corrected chi connectivity index (χ2v) is 11.6. The number of carbonyl (C=O) groups excluding carboxylic acids is 1. The van der Waals surface area contributed by atoms with Gasteiger partial charge in [0.05, 0.1) is 37.1 Å². The van der Waals surface area contributed by atoms with E-state index in [1.165, 1.54) is 21.3 Å². The molecule has 0 spiro atoms. The molecule has 0 aliphatic carbocycles. The first kappa shape index (κ1) is 32.6. The van der Waals surface area contributed by atoms with Crippen molar-refractivity contribution in [2.75, 3.05) is 39.7 Å². The normalized spacial score (nSPS) is 18.0. The van der Waals surface area contributed by atoms with Crippen molar-refractivity contribution in [2.24, 2.45) is 11.8 Å². The number of hydrogen-bond donors (Lipinski definition) is 3. The third-order valence-electron chi connectivity index (χ3n) is 7.62. The zero-order valence-electron chi connectivity index (χ0n) is 24.3. The molecule has 0 aromatic heterocycles. The van der Waals surface area contributed by atoms with Crippen LogP contribution < -0.4 is 24.8 Å². The van der Waals surface area contributed by atoms with Gasteiger partial charge in [-0.05, 0) is 61.8 Å². The number of rotatable bonds is 13. The van der Waals surface area contributed by atoms with E-state index >= 15 is 0 Å². The Kier molecular flexibility index (Phi) is 12.2. The van der Waals surface area contributed by atoms with Crippen LogP contribution in [0.15, 0.2) is 30.3 Å². The Hall–Kier alpha value is -2.88. The molecule has 3 N–H and O–H groups in total. The summed E-state index contributed by atoms with van der Waals surface area (Å²) in [6.07, 6.45) is 3.34. The van der Waals surface area contributed by atoms with E-state index < -0.39 is 5.97 Å². The number of piperidine rings is 1. The number of nitrogens with zero attached hydrogens (tertiary/aromatic N) is 1. The average Bonchev–Trinajstić information content (AvgIpc) is 2.93. The Bertz CT molecular complexity index is 1170. The highest BCUT2D eigenvalue weighted by Crippen LogP contribution is 2.40. The van der Waals surface area contributed by atoms with E-state index in [9.17, 15) is 14.7 Å². The SMILES string of the molecule is COc1cc(NC(=O)NC(CN2CCC(Cc3ccc(Cl)c(Cl)c3)CC2CCC(=O)O)C(C)C)cc(OC)c1OC. The van der Waals surface area contributed by atoms with Crippen LogP contribution in [-0.2, 0) is 11.2 Å². The Balaban J connectivity index is 1.68. The van der Waals surface area contributed by atoms with Gasteiger partial charge < -0.3 is 30.0 Å². The van der Waals surface area contributed by atoms with Gasteiger partial charge >= 0.3 is 12.0 Å². The third-order valence-corrected chi connectivity index (χ3v) is 8.36. The first-order valence-electron chi connectivity index (χ1n) is 13.8. The number of halogens is 2. The number of carbonyl (C=O) groups is 2. The van der Waals surface area contributed by atoms with Crippen LogP contribution in [0.3, 0.4) is 0 Å². The highest BCUT2D eigenvalue weighted by Gasteiger charge is 2.31. The van der Waals surface area contributed by atoms with E-state index in [1.807, 2.05) is 18.2 Å². The highest BCUT2D eigenvalue weighted by molar-refractivity contribution is 6.42. The Morgan fingerprint density at radius 3 is 2.29 bits per heavy atom. The van der Waals surface area contributed by atoms with E-state index in [1.54, 1.807) is 12.1 Å². The fraction of sp³-hybridized carbons (Fsp3) is 0.533. The number of ether oxygens (including phenoxy) is 3. The lowest BCUT2D eigenvalue weighted by molar-refractivity contribution is -0.137. The van der Waals surface area contributed by atoms with Gasteiger partial charge in [0.25, 0.3) is 0 Å². The lowest BCUT2D eigenvalue weighted by atomic mass is 9.84. The topological polar surface area (TPSA) is 109 Å². The summed E-state index contributed by atoms with van der Waals surface area (Å²) in [7, 11) is 4.56. The minimum absolute atomic E-state index is 0.0915. The third kappa shape index (κ3) is 9.31. The fourth-order valence-corrected chi connectivity index (χ4v) is 5.68. The van der Waals surface area contributed by atoms with Crippen molar-refractivity contribution < 1.29 is 28.9 Å². The van der Waals surface area contributed by atoms with E-state index in [-0.39, 0.29) is 30.5 Å². The van der Waals surface area contributed by atoms with Crippen molar-refractivity contribution in [2.45, 2.75) is 58.0 Å². The van der Waals surface area contributed by atoms with Gasteiger partial charge in [0.2, 0.25) is 5.75 Å². The molecule has 0 bridgehead atoms. The van der Waals surface area contributed by atoms with Gasteiger partial charge in [-0.1, -0.05) is 43.1 Å². The fourth-order valence-electron chi connectivity index (χ4n) is 5.36. The van der Waals surface area contributed by atoms with Crippen LogP contribution in [0.25, 0.3) is 0 Å². The van der Waals surface area contributed by atoms with Gasteiger partial charge in [0, 0.05) is 37.2 Å². The van der Waals surface area contributed by atoms with Crippen molar-refractivity contribution in [1.82, 2.24) is 10.2 Å². The molecule has 2 aromatic carbocycles. The second-order valence-electron chi connectivity index (χ2n) is 10.8. The van der Waals surface area contributed by atoms with Crippen LogP contribution in [0.5, 0.6) is 17.2 Å². The minimum Gasteiger partial charge on any atom is -0.493 e. The van der Waals surface area contributed by atoms with Crippen LogP contribution in [0.2, 0.25) is 10.0 Å². The van der Waals surface area contributed by atoms with Gasteiger partial charge in [-0.3, -0.25) is 9.69 Å². The van der Waals surface area contributed by atoms with E-state index in [2.05, 4.69) is 29.4 Å². The number of nitrogens with one attached hydrogen (secondary N) is 2. The number of carboxylic acid groups (broad SMARTS) is 1. The van der Waals surface area contributed by atoms with Crippen molar-refractivity contribution >= 4 is 40.9 Å². The Morgan fingerprint density at radius 2 is 1.73 bits per heavy atom. The molecule has 1 aliphatic heterocycles. The standard InChI is InChI=1S/C30H41Cl2N3O6/c1-18(2)25(34-30(38)33-21-15-26(39-3)29(41-5)27(16-21)40-4)17-35-11-10-20(13-22(35)7-9-28(36)37)12-19-6-8-23(31)24(32)14-19/h6,8,14-16,18,20,22,25H,7,9-13,17H2,1-5H3,(H,36,37)(H2,33,34,38). The molecule has 11 heteroatoms. The van der Waals surface area contributed by atoms with Gasteiger partial charge in [0.15, 0.2) is 11.5 Å². The van der Waals surface area contributed by atoms with Crippen molar-refractivity contribution in [3.63, 3.8) is 0 Å². The van der Waals surface area contributed by atoms with Gasteiger partial charge in [0.1, 0.15) is 0 Å². The zero-order valence-corrected chi connectivity index (χ0v) is 25.8. The molecule has 3 atom stereocenters. The van der Waals surface area contributed by atoms with Gasteiger partial charge in [-0.25, -0.2) is 4.79 Å². The molecular weight excluding hydrogens is 569 g/mol. The molecule has 1 fully saturated rings. The number of hydrogen-bond acceptors (Lipinski definition) is 6.